The van der Waals surface area contributed by atoms with E-state index in [1.165, 1.54) is 6.42 Å². The minimum atomic E-state index is 0.402. The molecule has 0 amide bonds. The van der Waals surface area contributed by atoms with E-state index in [1.807, 2.05) is 0 Å². The molecule has 0 aromatic rings. The van der Waals surface area contributed by atoms with E-state index in [4.69, 9.17) is 4.74 Å². The average molecular weight is 240 g/mol. The van der Waals surface area contributed by atoms with Crippen LogP contribution in [0.1, 0.15) is 20.3 Å². The Morgan fingerprint density at radius 1 is 1.56 bits per heavy atom. The normalized spacial score (nSPS) is 34.3. The number of rotatable bonds is 0. The molecule has 2 heteroatoms. The van der Waals surface area contributed by atoms with Crippen LogP contribution >= 0.6 is 22.6 Å². The SMILES string of the molecule is CC1(C)COCCC1I. The van der Waals surface area contributed by atoms with Gasteiger partial charge in [-0.05, 0) is 11.8 Å². The summed E-state index contributed by atoms with van der Waals surface area (Å²) in [6.45, 7) is 6.42. The number of hydrogen-bond acceptors (Lipinski definition) is 1. The average Bonchev–Trinajstić information content (AvgIpc) is 1.77. The summed E-state index contributed by atoms with van der Waals surface area (Å²) in [5.74, 6) is 0. The second-order valence-corrected chi connectivity index (χ2v) is 4.80. The van der Waals surface area contributed by atoms with E-state index in [2.05, 4.69) is 36.4 Å². The fraction of sp³-hybridized carbons (Fsp3) is 1.00. The van der Waals surface area contributed by atoms with Crippen molar-refractivity contribution in [2.45, 2.75) is 24.2 Å². The molecule has 0 radical (unpaired) electrons. The van der Waals surface area contributed by atoms with E-state index in [1.54, 1.807) is 0 Å². The molecule has 1 fully saturated rings. The Hall–Kier alpha value is 0.690. The van der Waals surface area contributed by atoms with E-state index < -0.39 is 0 Å². The van der Waals surface area contributed by atoms with Gasteiger partial charge in [-0.3, -0.25) is 0 Å². The van der Waals surface area contributed by atoms with Crippen LogP contribution in [0.2, 0.25) is 0 Å². The number of halogens is 1. The Labute approximate surface area is 70.3 Å². The molecule has 0 bridgehead atoms. The van der Waals surface area contributed by atoms with Crippen LogP contribution in [0, 0.1) is 5.41 Å². The van der Waals surface area contributed by atoms with Crippen LogP contribution in [0.4, 0.5) is 0 Å². The van der Waals surface area contributed by atoms with Crippen LogP contribution in [0.3, 0.4) is 0 Å². The predicted octanol–water partition coefficient (Wildman–Crippen LogP) is 2.24. The fourth-order valence-electron chi connectivity index (χ4n) is 1.00. The van der Waals surface area contributed by atoms with Gasteiger partial charge in [-0.25, -0.2) is 0 Å². The summed E-state index contributed by atoms with van der Waals surface area (Å²) >= 11 is 2.52. The van der Waals surface area contributed by atoms with Crippen LogP contribution in [-0.4, -0.2) is 17.1 Å². The zero-order chi connectivity index (χ0) is 6.91. The van der Waals surface area contributed by atoms with E-state index in [0.717, 1.165) is 17.1 Å². The third-order valence-corrected chi connectivity index (χ3v) is 4.15. The standard InChI is InChI=1S/C7H13IO/c1-7(2)5-9-4-3-6(7)8/h6H,3-5H2,1-2H3. The lowest BCUT2D eigenvalue weighted by Gasteiger charge is -2.34. The van der Waals surface area contributed by atoms with Crippen molar-refractivity contribution < 1.29 is 4.74 Å². The monoisotopic (exact) mass is 240 g/mol. The van der Waals surface area contributed by atoms with Gasteiger partial charge in [0.15, 0.2) is 0 Å². The maximum absolute atomic E-state index is 5.35. The van der Waals surface area contributed by atoms with Crippen molar-refractivity contribution >= 4 is 22.6 Å². The molecule has 54 valence electrons. The lowest BCUT2D eigenvalue weighted by Crippen LogP contribution is -2.35. The molecule has 0 aromatic carbocycles. The van der Waals surface area contributed by atoms with Gasteiger partial charge in [-0.15, -0.1) is 0 Å². The Morgan fingerprint density at radius 3 is 2.56 bits per heavy atom. The van der Waals surface area contributed by atoms with Crippen molar-refractivity contribution in [1.82, 2.24) is 0 Å². The largest absolute Gasteiger partial charge is 0.381 e. The van der Waals surface area contributed by atoms with Gasteiger partial charge < -0.3 is 4.74 Å². The molecule has 1 rings (SSSR count). The summed E-state index contributed by atoms with van der Waals surface area (Å²) in [6.07, 6.45) is 1.22. The molecule has 0 aliphatic carbocycles. The zero-order valence-corrected chi connectivity index (χ0v) is 8.14. The van der Waals surface area contributed by atoms with Gasteiger partial charge in [-0.1, -0.05) is 36.4 Å². The van der Waals surface area contributed by atoms with Crippen molar-refractivity contribution in [2.75, 3.05) is 13.2 Å². The Kier molecular flexibility index (Phi) is 2.37. The summed E-state index contributed by atoms with van der Waals surface area (Å²) in [6, 6.07) is 0. The third kappa shape index (κ3) is 1.80. The molecule has 0 N–H and O–H groups in total. The summed E-state index contributed by atoms with van der Waals surface area (Å²) in [7, 11) is 0. The number of ether oxygens (including phenoxy) is 1. The highest BCUT2D eigenvalue weighted by molar-refractivity contribution is 14.1. The minimum Gasteiger partial charge on any atom is -0.381 e. The Balaban J connectivity index is 2.49. The number of alkyl halides is 1. The van der Waals surface area contributed by atoms with Crippen molar-refractivity contribution in [1.29, 1.82) is 0 Å². The van der Waals surface area contributed by atoms with Crippen LogP contribution < -0.4 is 0 Å². The second-order valence-electron chi connectivity index (χ2n) is 3.30. The van der Waals surface area contributed by atoms with Gasteiger partial charge in [0.1, 0.15) is 0 Å². The van der Waals surface area contributed by atoms with E-state index in [-0.39, 0.29) is 0 Å². The highest BCUT2D eigenvalue weighted by Gasteiger charge is 2.30. The molecule has 1 aliphatic heterocycles. The first-order valence-electron chi connectivity index (χ1n) is 3.35. The summed E-state index contributed by atoms with van der Waals surface area (Å²) in [4.78, 5) is 0. The highest BCUT2D eigenvalue weighted by atomic mass is 127. The molecular weight excluding hydrogens is 227 g/mol. The molecule has 1 aliphatic rings. The zero-order valence-electron chi connectivity index (χ0n) is 5.98. The molecule has 0 saturated carbocycles. The van der Waals surface area contributed by atoms with Crippen molar-refractivity contribution in [3.05, 3.63) is 0 Å². The van der Waals surface area contributed by atoms with E-state index in [0.29, 0.717) is 5.41 Å². The smallest absolute Gasteiger partial charge is 0.0527 e. The first-order chi connectivity index (χ1) is 4.13. The molecule has 0 spiro atoms. The van der Waals surface area contributed by atoms with Crippen LogP contribution in [0.25, 0.3) is 0 Å². The second kappa shape index (κ2) is 2.74. The van der Waals surface area contributed by atoms with Gasteiger partial charge in [-0.2, -0.15) is 0 Å². The van der Waals surface area contributed by atoms with Gasteiger partial charge in [0.25, 0.3) is 0 Å². The predicted molar refractivity (Wildman–Crippen MR) is 47.0 cm³/mol. The number of hydrogen-bond donors (Lipinski definition) is 0. The maximum Gasteiger partial charge on any atom is 0.0527 e. The highest BCUT2D eigenvalue weighted by Crippen LogP contribution is 2.33. The molecule has 9 heavy (non-hydrogen) atoms. The first-order valence-corrected chi connectivity index (χ1v) is 4.59. The van der Waals surface area contributed by atoms with Crippen LogP contribution in [-0.2, 0) is 4.74 Å². The molecule has 1 nitrogen and oxygen atoms in total. The Bertz CT molecular complexity index is 101. The quantitative estimate of drug-likeness (QED) is 0.466. The van der Waals surface area contributed by atoms with Gasteiger partial charge in [0, 0.05) is 10.5 Å². The van der Waals surface area contributed by atoms with Crippen molar-refractivity contribution in [2.24, 2.45) is 5.41 Å². The topological polar surface area (TPSA) is 9.23 Å². The molecule has 1 saturated heterocycles. The summed E-state index contributed by atoms with van der Waals surface area (Å²) in [5.41, 5.74) is 0.402. The Morgan fingerprint density at radius 2 is 2.22 bits per heavy atom. The molecule has 0 aromatic heterocycles. The third-order valence-electron chi connectivity index (χ3n) is 1.84. The van der Waals surface area contributed by atoms with Gasteiger partial charge >= 0.3 is 0 Å². The summed E-state index contributed by atoms with van der Waals surface area (Å²) in [5, 5.41) is 0. The van der Waals surface area contributed by atoms with Gasteiger partial charge in [0.05, 0.1) is 6.61 Å². The first kappa shape index (κ1) is 7.79. The van der Waals surface area contributed by atoms with Gasteiger partial charge in [0.2, 0.25) is 0 Å². The van der Waals surface area contributed by atoms with Crippen LogP contribution in [0.15, 0.2) is 0 Å². The minimum absolute atomic E-state index is 0.402. The lowest BCUT2D eigenvalue weighted by molar-refractivity contribution is 0.0216. The molecule has 1 atom stereocenters. The van der Waals surface area contributed by atoms with Crippen LogP contribution in [0.5, 0.6) is 0 Å². The molecular formula is C7H13IO. The van der Waals surface area contributed by atoms with E-state index in [9.17, 15) is 0 Å². The van der Waals surface area contributed by atoms with E-state index >= 15 is 0 Å². The van der Waals surface area contributed by atoms with Crippen molar-refractivity contribution in [3.63, 3.8) is 0 Å². The molecule has 1 unspecified atom stereocenters. The molecule has 1 heterocycles. The van der Waals surface area contributed by atoms with Crippen molar-refractivity contribution in [3.8, 4) is 0 Å². The lowest BCUT2D eigenvalue weighted by atomic mass is 9.87. The fourth-order valence-corrected chi connectivity index (χ4v) is 1.44. The maximum atomic E-state index is 5.35. The summed E-state index contributed by atoms with van der Waals surface area (Å²) < 4.78 is 6.15.